The molecule has 2 heterocycles. The number of hydrogen-bond donors (Lipinski definition) is 0. The van der Waals surface area contributed by atoms with Crippen LogP contribution < -0.4 is 0 Å². The highest BCUT2D eigenvalue weighted by molar-refractivity contribution is 7.91. The van der Waals surface area contributed by atoms with E-state index < -0.39 is 9.84 Å². The maximum Gasteiger partial charge on any atom is 0.222 e. The highest BCUT2D eigenvalue weighted by atomic mass is 32.2. The van der Waals surface area contributed by atoms with E-state index in [1.165, 1.54) is 48.2 Å². The summed E-state index contributed by atoms with van der Waals surface area (Å²) in [6.07, 6.45) is 6.02. The summed E-state index contributed by atoms with van der Waals surface area (Å²) in [6, 6.07) is 18.7. The maximum absolute atomic E-state index is 13.6. The van der Waals surface area contributed by atoms with Crippen LogP contribution in [-0.2, 0) is 21.1 Å². The second-order valence-electron chi connectivity index (χ2n) is 12.3. The highest BCUT2D eigenvalue weighted by Crippen LogP contribution is 2.46. The third-order valence-corrected chi connectivity index (χ3v) is 10.7. The smallest absolute Gasteiger partial charge is 0.222 e. The lowest BCUT2D eigenvalue weighted by Crippen LogP contribution is -2.29. The van der Waals surface area contributed by atoms with Crippen molar-refractivity contribution in [3.8, 4) is 0 Å². The van der Waals surface area contributed by atoms with Crippen LogP contribution in [0.2, 0.25) is 0 Å². The summed E-state index contributed by atoms with van der Waals surface area (Å²) >= 11 is 0. The Labute approximate surface area is 238 Å². The minimum Gasteiger partial charge on any atom is -0.341 e. The van der Waals surface area contributed by atoms with Crippen LogP contribution in [-0.4, -0.2) is 47.8 Å². The summed E-state index contributed by atoms with van der Waals surface area (Å²) in [6.45, 7) is 7.47. The van der Waals surface area contributed by atoms with Gasteiger partial charge in [0.2, 0.25) is 5.91 Å². The largest absolute Gasteiger partial charge is 0.341 e. The molecule has 0 N–H and O–H groups in total. The van der Waals surface area contributed by atoms with Crippen molar-refractivity contribution in [2.45, 2.75) is 93.9 Å². The van der Waals surface area contributed by atoms with Crippen molar-refractivity contribution in [1.82, 2.24) is 14.7 Å². The van der Waals surface area contributed by atoms with E-state index in [0.29, 0.717) is 42.7 Å². The Kier molecular flexibility index (Phi) is 7.36. The molecule has 0 spiro atoms. The van der Waals surface area contributed by atoms with Crippen molar-refractivity contribution < 1.29 is 13.2 Å². The van der Waals surface area contributed by atoms with Gasteiger partial charge in [0, 0.05) is 49.0 Å². The minimum absolute atomic E-state index is 0.0869. The Bertz CT molecular complexity index is 1480. The Hall–Kier alpha value is -2.93. The molecule has 2 unspecified atom stereocenters. The van der Waals surface area contributed by atoms with Crippen LogP contribution in [0.3, 0.4) is 0 Å². The quantitative estimate of drug-likeness (QED) is 0.290. The monoisotopic (exact) mass is 559 g/mol. The van der Waals surface area contributed by atoms with E-state index in [4.69, 9.17) is 5.10 Å². The van der Waals surface area contributed by atoms with E-state index in [1.54, 1.807) is 19.1 Å². The molecular weight excluding hydrogens is 518 g/mol. The molecule has 2 atom stereocenters. The molecule has 2 aliphatic carbocycles. The second kappa shape index (κ2) is 10.8. The van der Waals surface area contributed by atoms with Crippen molar-refractivity contribution in [1.29, 1.82) is 0 Å². The van der Waals surface area contributed by atoms with Gasteiger partial charge in [-0.15, -0.1) is 0 Å². The van der Waals surface area contributed by atoms with Crippen LogP contribution in [0.5, 0.6) is 0 Å². The number of aryl methyl sites for hydroxylation is 1. The van der Waals surface area contributed by atoms with Crippen LogP contribution in [0.4, 0.5) is 0 Å². The number of nitrogens with zero attached hydrogens (tertiary/aromatic N) is 3. The van der Waals surface area contributed by atoms with Crippen molar-refractivity contribution in [2.75, 3.05) is 18.8 Å². The third-order valence-electron chi connectivity index (χ3n) is 9.00. The van der Waals surface area contributed by atoms with E-state index in [9.17, 15) is 13.2 Å². The molecule has 0 bridgehead atoms. The fraction of sp³-hybridized carbons (Fsp3) is 0.515. The molecule has 212 valence electrons. The maximum atomic E-state index is 13.6. The highest BCUT2D eigenvalue weighted by Gasteiger charge is 2.40. The number of aromatic nitrogens is 2. The number of carbonyl (C=O) groups is 1. The van der Waals surface area contributed by atoms with E-state index in [1.807, 2.05) is 12.1 Å². The molecule has 3 fully saturated rings. The molecule has 1 aromatic heterocycles. The Morgan fingerprint density at radius 1 is 0.925 bits per heavy atom. The van der Waals surface area contributed by atoms with Crippen molar-refractivity contribution in [2.24, 2.45) is 0 Å². The van der Waals surface area contributed by atoms with Crippen molar-refractivity contribution >= 4 is 15.7 Å². The van der Waals surface area contributed by atoms with Gasteiger partial charge in [0.05, 0.1) is 16.3 Å². The minimum atomic E-state index is -3.22. The standard InChI is InChI=1S/C33H41N3O3S/c1-4-40(38,39)28-15-8-23(9-16-28)10-17-33(37)35-20-29(27-7-5-6-26(18-27)24-11-12-24)30(21-35)32-19-31(25-13-14-25)34-36(32)22(2)3/h5-9,15-16,18-19,22,24-25,29-30H,4,10-14,17,20-21H2,1-3H3. The van der Waals surface area contributed by atoms with Crippen LogP contribution in [0.1, 0.15) is 111 Å². The molecule has 40 heavy (non-hydrogen) atoms. The number of likely N-dealkylation sites (tertiary alicyclic amines) is 1. The Balaban J connectivity index is 1.23. The number of sulfone groups is 1. The molecule has 7 heteroatoms. The SMILES string of the molecule is CCS(=O)(=O)c1ccc(CCC(=O)N2CC(c3cccc(C4CC4)c3)C(c3cc(C4CC4)nn3C(C)C)C2)cc1. The third kappa shape index (κ3) is 5.63. The Morgan fingerprint density at radius 3 is 2.25 bits per heavy atom. The molecular formula is C33H41N3O3S. The zero-order chi connectivity index (χ0) is 28.0. The average Bonchev–Trinajstić information content (AvgIpc) is 3.90. The van der Waals surface area contributed by atoms with Gasteiger partial charge in [-0.2, -0.15) is 5.10 Å². The fourth-order valence-electron chi connectivity index (χ4n) is 6.24. The molecule has 3 aliphatic rings. The van der Waals surface area contributed by atoms with E-state index in [2.05, 4.69) is 53.8 Å². The van der Waals surface area contributed by atoms with Gasteiger partial charge >= 0.3 is 0 Å². The summed E-state index contributed by atoms with van der Waals surface area (Å²) < 4.78 is 26.5. The molecule has 6 nitrogen and oxygen atoms in total. The van der Waals surface area contributed by atoms with Gasteiger partial charge < -0.3 is 4.90 Å². The summed E-state index contributed by atoms with van der Waals surface area (Å²) in [7, 11) is -3.22. The lowest BCUT2D eigenvalue weighted by atomic mass is 9.85. The topological polar surface area (TPSA) is 72.3 Å². The van der Waals surface area contributed by atoms with Crippen LogP contribution in [0.15, 0.2) is 59.5 Å². The van der Waals surface area contributed by atoms with E-state index in [-0.39, 0.29) is 29.5 Å². The molecule has 1 saturated heterocycles. The molecule has 2 saturated carbocycles. The average molecular weight is 560 g/mol. The van der Waals surface area contributed by atoms with Gasteiger partial charge in [0.25, 0.3) is 0 Å². The molecule has 1 amide bonds. The van der Waals surface area contributed by atoms with Gasteiger partial charge in [-0.25, -0.2) is 8.42 Å². The van der Waals surface area contributed by atoms with Crippen molar-refractivity contribution in [3.05, 3.63) is 82.7 Å². The molecule has 3 aromatic rings. The first-order valence-electron chi connectivity index (χ1n) is 15.0. The first kappa shape index (κ1) is 27.3. The number of benzene rings is 2. The summed E-state index contributed by atoms with van der Waals surface area (Å²) in [5, 5.41) is 5.05. The predicted octanol–water partition coefficient (Wildman–Crippen LogP) is 6.35. The molecule has 2 aromatic carbocycles. The normalized spacial score (nSPS) is 21.4. The van der Waals surface area contributed by atoms with E-state index in [0.717, 1.165) is 5.56 Å². The van der Waals surface area contributed by atoms with Gasteiger partial charge in [-0.3, -0.25) is 9.48 Å². The van der Waals surface area contributed by atoms with Gasteiger partial charge in [-0.05, 0) is 86.8 Å². The van der Waals surface area contributed by atoms with Crippen LogP contribution in [0, 0.1) is 0 Å². The molecule has 6 rings (SSSR count). The second-order valence-corrected chi connectivity index (χ2v) is 14.6. The molecule has 1 aliphatic heterocycles. The number of carbonyl (C=O) groups excluding carboxylic acids is 1. The fourth-order valence-corrected chi connectivity index (χ4v) is 7.13. The van der Waals surface area contributed by atoms with Crippen LogP contribution >= 0.6 is 0 Å². The zero-order valence-corrected chi connectivity index (χ0v) is 24.7. The first-order valence-corrected chi connectivity index (χ1v) is 16.7. The van der Waals surface area contributed by atoms with Crippen LogP contribution in [0.25, 0.3) is 0 Å². The number of amides is 1. The van der Waals surface area contributed by atoms with Crippen molar-refractivity contribution in [3.63, 3.8) is 0 Å². The zero-order valence-electron chi connectivity index (χ0n) is 23.9. The van der Waals surface area contributed by atoms with Gasteiger partial charge in [0.1, 0.15) is 0 Å². The lowest BCUT2D eigenvalue weighted by molar-refractivity contribution is -0.130. The summed E-state index contributed by atoms with van der Waals surface area (Å²) in [5.74, 6) is 1.98. The molecule has 0 radical (unpaired) electrons. The summed E-state index contributed by atoms with van der Waals surface area (Å²) in [5.41, 5.74) is 6.24. The van der Waals surface area contributed by atoms with Gasteiger partial charge in [-0.1, -0.05) is 43.3 Å². The summed E-state index contributed by atoms with van der Waals surface area (Å²) in [4.78, 5) is 16.0. The first-order chi connectivity index (χ1) is 19.2. The Morgan fingerprint density at radius 2 is 1.60 bits per heavy atom. The van der Waals surface area contributed by atoms with Gasteiger partial charge in [0.15, 0.2) is 9.84 Å². The predicted molar refractivity (Wildman–Crippen MR) is 158 cm³/mol. The lowest BCUT2D eigenvalue weighted by Gasteiger charge is -2.22. The number of hydrogen-bond acceptors (Lipinski definition) is 4. The van der Waals surface area contributed by atoms with E-state index >= 15 is 0 Å². The number of rotatable bonds is 10.